The van der Waals surface area contributed by atoms with Crippen LogP contribution in [0.15, 0.2) is 18.2 Å². The first-order valence-electron chi connectivity index (χ1n) is 6.41. The Morgan fingerprint density at radius 3 is 2.59 bits per heavy atom. The van der Waals surface area contributed by atoms with E-state index in [1.165, 1.54) is 12.1 Å². The lowest BCUT2D eigenvalue weighted by molar-refractivity contribution is -0.0341. The highest BCUT2D eigenvalue weighted by molar-refractivity contribution is 5.32. The van der Waals surface area contributed by atoms with Gasteiger partial charge >= 0.3 is 0 Å². The van der Waals surface area contributed by atoms with Crippen molar-refractivity contribution in [2.45, 2.75) is 45.6 Å². The summed E-state index contributed by atoms with van der Waals surface area (Å²) in [5, 5.41) is 10.8. The van der Waals surface area contributed by atoms with Crippen LogP contribution >= 0.6 is 0 Å². The van der Waals surface area contributed by atoms with Gasteiger partial charge in [0.25, 0.3) is 0 Å². The third kappa shape index (κ3) is 2.37. The third-order valence-corrected chi connectivity index (χ3v) is 4.33. The first kappa shape index (κ1) is 12.6. The van der Waals surface area contributed by atoms with Crippen molar-refractivity contribution >= 4 is 0 Å². The zero-order chi connectivity index (χ0) is 12.6. The summed E-state index contributed by atoms with van der Waals surface area (Å²) in [5.74, 6) is 0.946. The second kappa shape index (κ2) is 4.41. The van der Waals surface area contributed by atoms with Gasteiger partial charge in [0.05, 0.1) is 5.60 Å². The van der Waals surface area contributed by atoms with E-state index in [2.05, 4.69) is 13.8 Å². The zero-order valence-electron chi connectivity index (χ0n) is 10.8. The molecule has 94 valence electrons. The summed E-state index contributed by atoms with van der Waals surface area (Å²) < 4.78 is 13.1. The van der Waals surface area contributed by atoms with Crippen LogP contribution in [-0.4, -0.2) is 5.11 Å². The van der Waals surface area contributed by atoms with Gasteiger partial charge in [-0.2, -0.15) is 0 Å². The molecule has 1 aliphatic rings. The molecule has 3 unspecified atom stereocenters. The highest BCUT2D eigenvalue weighted by atomic mass is 19.1. The van der Waals surface area contributed by atoms with Crippen LogP contribution in [0.4, 0.5) is 4.39 Å². The maximum atomic E-state index is 13.1. The van der Waals surface area contributed by atoms with E-state index >= 15 is 0 Å². The standard InChI is InChI=1S/C15H21FO/c1-10-6-7-15(17,9-12(10)3)14-5-4-13(16)8-11(14)2/h4-5,8,10,12,17H,6-7,9H2,1-3H3. The summed E-state index contributed by atoms with van der Waals surface area (Å²) in [4.78, 5) is 0. The Balaban J connectivity index is 2.32. The van der Waals surface area contributed by atoms with Gasteiger partial charge < -0.3 is 5.11 Å². The molecule has 0 heterocycles. The second-order valence-corrected chi connectivity index (χ2v) is 5.69. The molecule has 0 amide bonds. The fraction of sp³-hybridized carbons (Fsp3) is 0.600. The molecule has 17 heavy (non-hydrogen) atoms. The van der Waals surface area contributed by atoms with Crippen LogP contribution in [0.25, 0.3) is 0 Å². The molecule has 2 heteroatoms. The number of hydrogen-bond acceptors (Lipinski definition) is 1. The molecule has 1 N–H and O–H groups in total. The molecule has 0 aliphatic heterocycles. The third-order valence-electron chi connectivity index (χ3n) is 4.33. The molecule has 2 rings (SSSR count). The van der Waals surface area contributed by atoms with Gasteiger partial charge in [-0.1, -0.05) is 19.9 Å². The molecular formula is C15H21FO. The Labute approximate surface area is 103 Å². The highest BCUT2D eigenvalue weighted by Crippen LogP contribution is 2.43. The van der Waals surface area contributed by atoms with Gasteiger partial charge in [-0.15, -0.1) is 0 Å². The van der Waals surface area contributed by atoms with Crippen LogP contribution in [0.3, 0.4) is 0 Å². The van der Waals surface area contributed by atoms with Gasteiger partial charge in [0.2, 0.25) is 0 Å². The van der Waals surface area contributed by atoms with Crippen LogP contribution in [0.2, 0.25) is 0 Å². The van der Waals surface area contributed by atoms with E-state index in [1.54, 1.807) is 6.07 Å². The average Bonchev–Trinajstić information content (AvgIpc) is 2.24. The van der Waals surface area contributed by atoms with Gasteiger partial charge in [0.15, 0.2) is 0 Å². The summed E-state index contributed by atoms with van der Waals surface area (Å²) >= 11 is 0. The van der Waals surface area contributed by atoms with E-state index in [4.69, 9.17) is 0 Å². The van der Waals surface area contributed by atoms with Crippen LogP contribution < -0.4 is 0 Å². The number of aliphatic hydroxyl groups is 1. The first-order valence-corrected chi connectivity index (χ1v) is 6.41. The van der Waals surface area contributed by atoms with Crippen molar-refractivity contribution in [3.63, 3.8) is 0 Å². The molecule has 1 aromatic carbocycles. The fourth-order valence-electron chi connectivity index (χ4n) is 2.98. The SMILES string of the molecule is Cc1cc(F)ccc1C1(O)CCC(C)C(C)C1. The molecule has 1 saturated carbocycles. The predicted octanol–water partition coefficient (Wildman–Crippen LogP) is 3.78. The molecule has 0 aromatic heterocycles. The van der Waals surface area contributed by atoms with Crippen LogP contribution in [0.5, 0.6) is 0 Å². The average molecular weight is 236 g/mol. The van der Waals surface area contributed by atoms with Gasteiger partial charge in [-0.25, -0.2) is 4.39 Å². The van der Waals surface area contributed by atoms with E-state index in [9.17, 15) is 9.50 Å². The molecule has 0 bridgehead atoms. The topological polar surface area (TPSA) is 20.2 Å². The molecule has 1 aliphatic carbocycles. The van der Waals surface area contributed by atoms with Crippen LogP contribution in [0, 0.1) is 24.6 Å². The minimum absolute atomic E-state index is 0.230. The van der Waals surface area contributed by atoms with Gasteiger partial charge in [-0.3, -0.25) is 0 Å². The van der Waals surface area contributed by atoms with Crippen molar-refractivity contribution < 1.29 is 9.50 Å². The Kier molecular flexibility index (Phi) is 3.26. The molecule has 0 radical (unpaired) electrons. The fourth-order valence-corrected chi connectivity index (χ4v) is 2.98. The summed E-state index contributed by atoms with van der Waals surface area (Å²) in [6.07, 6.45) is 2.60. The Morgan fingerprint density at radius 2 is 2.00 bits per heavy atom. The van der Waals surface area contributed by atoms with Crippen LogP contribution in [-0.2, 0) is 5.60 Å². The van der Waals surface area contributed by atoms with Crippen LogP contribution in [0.1, 0.15) is 44.2 Å². The molecule has 1 nitrogen and oxygen atoms in total. The Bertz CT molecular complexity index is 415. The van der Waals surface area contributed by atoms with Crippen molar-refractivity contribution in [1.82, 2.24) is 0 Å². The lowest BCUT2D eigenvalue weighted by Gasteiger charge is -2.40. The number of benzene rings is 1. The minimum atomic E-state index is -0.760. The predicted molar refractivity (Wildman–Crippen MR) is 67.2 cm³/mol. The number of rotatable bonds is 1. The highest BCUT2D eigenvalue weighted by Gasteiger charge is 2.38. The maximum absolute atomic E-state index is 13.1. The quantitative estimate of drug-likeness (QED) is 0.786. The van der Waals surface area contributed by atoms with E-state index in [0.717, 1.165) is 30.4 Å². The smallest absolute Gasteiger partial charge is 0.123 e. The number of aryl methyl sites for hydroxylation is 1. The minimum Gasteiger partial charge on any atom is -0.385 e. The zero-order valence-corrected chi connectivity index (χ0v) is 10.8. The first-order chi connectivity index (χ1) is 7.92. The van der Waals surface area contributed by atoms with Crippen molar-refractivity contribution in [1.29, 1.82) is 0 Å². The largest absolute Gasteiger partial charge is 0.385 e. The summed E-state index contributed by atoms with van der Waals surface area (Å²) in [6.45, 7) is 6.30. The molecule has 1 fully saturated rings. The van der Waals surface area contributed by atoms with Crippen molar-refractivity contribution in [3.05, 3.63) is 35.1 Å². The van der Waals surface area contributed by atoms with Gasteiger partial charge in [0, 0.05) is 0 Å². The second-order valence-electron chi connectivity index (χ2n) is 5.69. The lowest BCUT2D eigenvalue weighted by atomic mass is 9.70. The van der Waals surface area contributed by atoms with Gasteiger partial charge in [0.1, 0.15) is 5.82 Å². The number of halogens is 1. The van der Waals surface area contributed by atoms with E-state index in [-0.39, 0.29) is 5.82 Å². The summed E-state index contributed by atoms with van der Waals surface area (Å²) in [5.41, 5.74) is 0.996. The summed E-state index contributed by atoms with van der Waals surface area (Å²) in [7, 11) is 0. The van der Waals surface area contributed by atoms with Crippen molar-refractivity contribution in [3.8, 4) is 0 Å². The molecule has 0 saturated heterocycles. The number of hydrogen-bond donors (Lipinski definition) is 1. The Morgan fingerprint density at radius 1 is 1.29 bits per heavy atom. The van der Waals surface area contributed by atoms with Crippen molar-refractivity contribution in [2.24, 2.45) is 11.8 Å². The van der Waals surface area contributed by atoms with Gasteiger partial charge in [-0.05, 0) is 61.3 Å². The Hall–Kier alpha value is -0.890. The molecule has 0 spiro atoms. The molecular weight excluding hydrogens is 215 g/mol. The normalized spacial score (nSPS) is 33.7. The maximum Gasteiger partial charge on any atom is 0.123 e. The van der Waals surface area contributed by atoms with E-state index in [0.29, 0.717) is 11.8 Å². The monoisotopic (exact) mass is 236 g/mol. The molecule has 3 atom stereocenters. The van der Waals surface area contributed by atoms with E-state index in [1.807, 2.05) is 6.92 Å². The van der Waals surface area contributed by atoms with E-state index < -0.39 is 5.60 Å². The molecule has 1 aromatic rings. The van der Waals surface area contributed by atoms with Crippen molar-refractivity contribution in [2.75, 3.05) is 0 Å². The summed E-state index contributed by atoms with van der Waals surface area (Å²) in [6, 6.07) is 4.70. The lowest BCUT2D eigenvalue weighted by Crippen LogP contribution is -2.35.